The number of hydrogen-bond donors (Lipinski definition) is 1. The normalized spacial score (nSPS) is 19.4. The minimum Gasteiger partial charge on any atom is -0.481 e. The van der Waals surface area contributed by atoms with Crippen molar-refractivity contribution < 1.29 is 14.7 Å². The Kier molecular flexibility index (Phi) is 3.23. The van der Waals surface area contributed by atoms with Crippen LogP contribution in [0.15, 0.2) is 24.3 Å². The fraction of sp³-hybridized carbons (Fsp3) is 0.385. The van der Waals surface area contributed by atoms with Crippen LogP contribution in [0.1, 0.15) is 12.0 Å². The average Bonchev–Trinajstić information content (AvgIpc) is 2.53. The van der Waals surface area contributed by atoms with E-state index >= 15 is 0 Å². The zero-order valence-corrected chi connectivity index (χ0v) is 10.5. The van der Waals surface area contributed by atoms with Crippen LogP contribution in [0, 0.1) is 6.92 Å². The SMILES string of the molecule is Cc1cccc(N2C(=O)N(C)CC2CC(=O)O)c1. The van der Waals surface area contributed by atoms with E-state index in [0.29, 0.717) is 6.54 Å². The molecule has 0 aliphatic carbocycles. The second kappa shape index (κ2) is 4.68. The Balaban J connectivity index is 2.32. The van der Waals surface area contributed by atoms with Crippen LogP contribution in [-0.4, -0.2) is 41.6 Å². The first-order chi connectivity index (χ1) is 8.49. The number of benzene rings is 1. The number of carboxylic acids is 1. The molecule has 96 valence electrons. The highest BCUT2D eigenvalue weighted by atomic mass is 16.4. The number of amides is 2. The van der Waals surface area contributed by atoms with Gasteiger partial charge in [0.1, 0.15) is 0 Å². The summed E-state index contributed by atoms with van der Waals surface area (Å²) in [6, 6.07) is 7.09. The van der Waals surface area contributed by atoms with E-state index in [4.69, 9.17) is 5.11 Å². The van der Waals surface area contributed by atoms with Crippen molar-refractivity contribution in [2.24, 2.45) is 0 Å². The van der Waals surface area contributed by atoms with Crippen molar-refractivity contribution in [1.29, 1.82) is 0 Å². The first-order valence-electron chi connectivity index (χ1n) is 5.82. The molecule has 2 amide bonds. The molecule has 1 fully saturated rings. The lowest BCUT2D eigenvalue weighted by molar-refractivity contribution is -0.137. The van der Waals surface area contributed by atoms with Crippen LogP contribution < -0.4 is 4.90 Å². The molecule has 0 spiro atoms. The van der Waals surface area contributed by atoms with Gasteiger partial charge in [0.05, 0.1) is 12.5 Å². The number of aliphatic carboxylic acids is 1. The third-order valence-electron chi connectivity index (χ3n) is 3.07. The lowest BCUT2D eigenvalue weighted by atomic mass is 10.1. The Labute approximate surface area is 106 Å². The summed E-state index contributed by atoms with van der Waals surface area (Å²) in [5.41, 5.74) is 1.81. The maximum atomic E-state index is 12.1. The molecule has 1 saturated heterocycles. The van der Waals surface area contributed by atoms with Crippen LogP contribution in [0.4, 0.5) is 10.5 Å². The predicted octanol–water partition coefficient (Wildman–Crippen LogP) is 1.71. The Morgan fingerprint density at radius 3 is 2.83 bits per heavy atom. The van der Waals surface area contributed by atoms with Gasteiger partial charge in [-0.05, 0) is 24.6 Å². The summed E-state index contributed by atoms with van der Waals surface area (Å²) in [5.74, 6) is -0.888. The molecule has 0 radical (unpaired) electrons. The van der Waals surface area contributed by atoms with Gasteiger partial charge < -0.3 is 10.0 Å². The number of rotatable bonds is 3. The molecule has 1 aliphatic heterocycles. The Bertz CT molecular complexity index is 487. The smallest absolute Gasteiger partial charge is 0.324 e. The molecule has 5 heteroatoms. The first kappa shape index (κ1) is 12.4. The number of likely N-dealkylation sites (N-methyl/N-ethyl adjacent to an activating group) is 1. The Morgan fingerprint density at radius 2 is 2.22 bits per heavy atom. The molecule has 0 bridgehead atoms. The topological polar surface area (TPSA) is 60.9 Å². The predicted molar refractivity (Wildman–Crippen MR) is 67.7 cm³/mol. The highest BCUT2D eigenvalue weighted by molar-refractivity contribution is 5.95. The third kappa shape index (κ3) is 2.30. The third-order valence-corrected chi connectivity index (χ3v) is 3.07. The zero-order chi connectivity index (χ0) is 13.3. The molecule has 0 aromatic heterocycles. The number of carboxylic acid groups (broad SMARTS) is 1. The highest BCUT2D eigenvalue weighted by Gasteiger charge is 2.37. The lowest BCUT2D eigenvalue weighted by Gasteiger charge is -2.22. The van der Waals surface area contributed by atoms with E-state index in [9.17, 15) is 9.59 Å². The van der Waals surface area contributed by atoms with Crippen molar-refractivity contribution >= 4 is 17.7 Å². The van der Waals surface area contributed by atoms with Crippen LogP contribution in [0.25, 0.3) is 0 Å². The summed E-state index contributed by atoms with van der Waals surface area (Å²) in [7, 11) is 1.69. The van der Waals surface area contributed by atoms with E-state index in [0.717, 1.165) is 11.3 Å². The van der Waals surface area contributed by atoms with E-state index in [1.165, 1.54) is 0 Å². The number of hydrogen-bond acceptors (Lipinski definition) is 2. The number of urea groups is 1. The fourth-order valence-corrected chi connectivity index (χ4v) is 2.27. The number of carbonyl (C=O) groups excluding carboxylic acids is 1. The van der Waals surface area contributed by atoms with Gasteiger partial charge in [-0.3, -0.25) is 9.69 Å². The van der Waals surface area contributed by atoms with Gasteiger partial charge in [0.25, 0.3) is 0 Å². The largest absolute Gasteiger partial charge is 0.481 e. The zero-order valence-electron chi connectivity index (χ0n) is 10.5. The minimum atomic E-state index is -0.888. The molecule has 1 unspecified atom stereocenters. The van der Waals surface area contributed by atoms with Crippen LogP contribution in [0.2, 0.25) is 0 Å². The van der Waals surface area contributed by atoms with E-state index in [1.807, 2.05) is 31.2 Å². The Morgan fingerprint density at radius 1 is 1.50 bits per heavy atom. The van der Waals surface area contributed by atoms with Crippen LogP contribution in [-0.2, 0) is 4.79 Å². The summed E-state index contributed by atoms with van der Waals surface area (Å²) < 4.78 is 0. The van der Waals surface area contributed by atoms with Crippen molar-refractivity contribution in [3.8, 4) is 0 Å². The maximum Gasteiger partial charge on any atom is 0.324 e. The summed E-state index contributed by atoms with van der Waals surface area (Å²) in [6.45, 7) is 2.39. The molecule has 18 heavy (non-hydrogen) atoms. The minimum absolute atomic E-state index is 0.0377. The molecule has 5 nitrogen and oxygen atoms in total. The van der Waals surface area contributed by atoms with Crippen LogP contribution in [0.3, 0.4) is 0 Å². The van der Waals surface area contributed by atoms with E-state index in [2.05, 4.69) is 0 Å². The molecule has 1 aromatic carbocycles. The standard InChI is InChI=1S/C13H16N2O3/c1-9-4-3-5-10(6-9)15-11(7-12(16)17)8-14(2)13(15)18/h3-6,11H,7-8H2,1-2H3,(H,16,17). The molecule has 1 heterocycles. The molecule has 1 atom stereocenters. The molecule has 0 saturated carbocycles. The number of aryl methyl sites for hydroxylation is 1. The van der Waals surface area contributed by atoms with E-state index in [-0.39, 0.29) is 18.5 Å². The van der Waals surface area contributed by atoms with Crippen molar-refractivity contribution in [3.63, 3.8) is 0 Å². The van der Waals surface area contributed by atoms with Gasteiger partial charge in [-0.15, -0.1) is 0 Å². The van der Waals surface area contributed by atoms with Crippen LogP contribution in [0.5, 0.6) is 0 Å². The number of carbonyl (C=O) groups is 2. The van der Waals surface area contributed by atoms with Gasteiger partial charge in [-0.25, -0.2) is 4.79 Å². The average molecular weight is 248 g/mol. The molecule has 1 aliphatic rings. The summed E-state index contributed by atoms with van der Waals surface area (Å²) in [5, 5.41) is 8.91. The van der Waals surface area contributed by atoms with Crippen LogP contribution >= 0.6 is 0 Å². The van der Waals surface area contributed by atoms with E-state index < -0.39 is 5.97 Å². The summed E-state index contributed by atoms with van der Waals surface area (Å²) in [6.07, 6.45) is -0.0377. The molecule has 1 N–H and O–H groups in total. The summed E-state index contributed by atoms with van der Waals surface area (Å²) in [4.78, 5) is 26.0. The van der Waals surface area contributed by atoms with Gasteiger partial charge in [0, 0.05) is 19.3 Å². The van der Waals surface area contributed by atoms with Gasteiger partial charge >= 0.3 is 12.0 Å². The van der Waals surface area contributed by atoms with Crippen molar-refractivity contribution in [2.75, 3.05) is 18.5 Å². The molecular weight excluding hydrogens is 232 g/mol. The number of anilines is 1. The van der Waals surface area contributed by atoms with Gasteiger partial charge in [-0.1, -0.05) is 12.1 Å². The van der Waals surface area contributed by atoms with Gasteiger partial charge in [-0.2, -0.15) is 0 Å². The lowest BCUT2D eigenvalue weighted by Crippen LogP contribution is -2.35. The van der Waals surface area contributed by atoms with Gasteiger partial charge in [0.15, 0.2) is 0 Å². The second-order valence-corrected chi connectivity index (χ2v) is 4.62. The molecule has 1 aromatic rings. The molecule has 2 rings (SSSR count). The highest BCUT2D eigenvalue weighted by Crippen LogP contribution is 2.26. The fourth-order valence-electron chi connectivity index (χ4n) is 2.27. The van der Waals surface area contributed by atoms with E-state index in [1.54, 1.807) is 16.8 Å². The quantitative estimate of drug-likeness (QED) is 0.885. The monoisotopic (exact) mass is 248 g/mol. The van der Waals surface area contributed by atoms with Gasteiger partial charge in [0.2, 0.25) is 0 Å². The molecular formula is C13H16N2O3. The second-order valence-electron chi connectivity index (χ2n) is 4.62. The van der Waals surface area contributed by atoms with Crippen molar-refractivity contribution in [1.82, 2.24) is 4.90 Å². The van der Waals surface area contributed by atoms with Crippen molar-refractivity contribution in [3.05, 3.63) is 29.8 Å². The summed E-state index contributed by atoms with van der Waals surface area (Å²) >= 11 is 0. The first-order valence-corrected chi connectivity index (χ1v) is 5.82. The Hall–Kier alpha value is -2.04. The maximum absolute atomic E-state index is 12.1. The number of nitrogens with zero attached hydrogens (tertiary/aromatic N) is 2. The van der Waals surface area contributed by atoms with Crippen molar-refractivity contribution in [2.45, 2.75) is 19.4 Å².